The summed E-state index contributed by atoms with van der Waals surface area (Å²) < 4.78 is 2.40. The number of hydrogen-bond donors (Lipinski definition) is 0. The molecule has 10 rings (SSSR count). The molecule has 4 aromatic heterocycles. The van der Waals surface area contributed by atoms with Gasteiger partial charge >= 0.3 is 0 Å². The molecule has 0 bridgehead atoms. The largest absolute Gasteiger partial charge is 0.305 e. The summed E-state index contributed by atoms with van der Waals surface area (Å²) in [7, 11) is 0. The van der Waals surface area contributed by atoms with Crippen molar-refractivity contribution < 1.29 is 0 Å². The molecule has 4 heterocycles. The molecule has 0 atom stereocenters. The average Bonchev–Trinajstić information content (AvgIpc) is 3.74. The Morgan fingerprint density at radius 3 is 1.76 bits per heavy atom. The van der Waals surface area contributed by atoms with E-state index < -0.39 is 5.41 Å². The molecule has 0 unspecified atom stereocenters. The van der Waals surface area contributed by atoms with Crippen LogP contribution in [0.3, 0.4) is 0 Å². The van der Waals surface area contributed by atoms with Gasteiger partial charge in [-0.05, 0) is 84.7 Å². The molecule has 0 saturated heterocycles. The molecule has 222 valence electrons. The van der Waals surface area contributed by atoms with E-state index in [1.165, 1.54) is 82.7 Å². The Morgan fingerprint density at radius 2 is 1.13 bits per heavy atom. The van der Waals surface area contributed by atoms with Crippen LogP contribution in [0, 0.1) is 0 Å². The number of rotatable bonds is 0. The monoisotopic (exact) mass is 593 g/mol. The van der Waals surface area contributed by atoms with Crippen molar-refractivity contribution in [3.63, 3.8) is 0 Å². The maximum atomic E-state index is 4.61. The second-order valence-corrected chi connectivity index (χ2v) is 15.5. The van der Waals surface area contributed by atoms with Gasteiger partial charge < -0.3 is 4.40 Å². The van der Waals surface area contributed by atoms with E-state index in [2.05, 4.69) is 135 Å². The van der Waals surface area contributed by atoms with E-state index in [1.54, 1.807) is 0 Å². The highest BCUT2D eigenvalue weighted by molar-refractivity contribution is 6.28. The minimum atomic E-state index is -0.443. The Morgan fingerprint density at radius 1 is 0.543 bits per heavy atom. The predicted octanol–water partition coefficient (Wildman–Crippen LogP) is 10.6. The van der Waals surface area contributed by atoms with E-state index in [1.807, 2.05) is 24.8 Å². The lowest BCUT2D eigenvalue weighted by Crippen LogP contribution is -2.27. The molecule has 8 aromatic rings. The molecular weight excluding hydrogens is 558 g/mol. The van der Waals surface area contributed by atoms with E-state index in [4.69, 9.17) is 0 Å². The Kier molecular flexibility index (Phi) is 4.68. The fourth-order valence-corrected chi connectivity index (χ4v) is 8.90. The summed E-state index contributed by atoms with van der Waals surface area (Å²) in [4.78, 5) is 9.19. The molecule has 0 fully saturated rings. The van der Waals surface area contributed by atoms with Crippen molar-refractivity contribution >= 4 is 38.1 Å². The van der Waals surface area contributed by atoms with E-state index in [0.717, 1.165) is 11.0 Å². The summed E-state index contributed by atoms with van der Waals surface area (Å²) in [6.07, 6.45) is 7.91. The fourth-order valence-electron chi connectivity index (χ4n) is 8.90. The molecule has 0 amide bonds. The topological polar surface area (TPSA) is 30.2 Å². The maximum Gasteiger partial charge on any atom is 0.0726 e. The van der Waals surface area contributed by atoms with Gasteiger partial charge in [0, 0.05) is 33.9 Å². The highest BCUT2D eigenvalue weighted by Gasteiger charge is 2.53. The Bertz CT molecular complexity index is 2540. The molecule has 4 aromatic carbocycles. The van der Waals surface area contributed by atoms with Crippen molar-refractivity contribution in [1.82, 2.24) is 14.4 Å². The van der Waals surface area contributed by atoms with Crippen LogP contribution in [-0.2, 0) is 16.2 Å². The Balaban J connectivity index is 1.48. The first-order chi connectivity index (χ1) is 22.1. The molecule has 0 N–H and O–H groups in total. The highest BCUT2D eigenvalue weighted by Crippen LogP contribution is 2.65. The lowest BCUT2D eigenvalue weighted by Gasteiger charge is -2.33. The van der Waals surface area contributed by atoms with Crippen LogP contribution in [0.25, 0.3) is 60.3 Å². The van der Waals surface area contributed by atoms with Gasteiger partial charge in [0.25, 0.3) is 0 Å². The molecule has 1 spiro atoms. The molecule has 0 aliphatic heterocycles. The number of nitrogens with zero attached hydrogens (tertiary/aromatic N) is 3. The number of benzene rings is 4. The van der Waals surface area contributed by atoms with E-state index in [-0.39, 0.29) is 10.8 Å². The second kappa shape index (κ2) is 8.22. The molecule has 0 saturated carbocycles. The normalized spacial score (nSPS) is 14.9. The smallest absolute Gasteiger partial charge is 0.0726 e. The second-order valence-electron chi connectivity index (χ2n) is 15.5. The standard InChI is InChI=1S/C43H35N3/c1-41(2,3)24-11-13-26-27-14-12-25(42(4,5)6)20-34(27)43(33(26)19-24)32-10-8-7-9-29(32)38-35(43)21-31-28-15-17-44-22-36(28)46-37-23-45-18-16-30(37)39(38)40(31)46/h7-23H,1-6H3. The van der Waals surface area contributed by atoms with Crippen LogP contribution in [0.2, 0.25) is 0 Å². The van der Waals surface area contributed by atoms with Gasteiger partial charge in [0.2, 0.25) is 0 Å². The summed E-state index contributed by atoms with van der Waals surface area (Å²) in [5, 5.41) is 5.08. The van der Waals surface area contributed by atoms with Crippen LogP contribution >= 0.6 is 0 Å². The van der Waals surface area contributed by atoms with E-state index in [9.17, 15) is 0 Å². The maximum absolute atomic E-state index is 4.61. The molecule has 46 heavy (non-hydrogen) atoms. The van der Waals surface area contributed by atoms with Gasteiger partial charge in [-0.15, -0.1) is 0 Å². The van der Waals surface area contributed by atoms with E-state index in [0.29, 0.717) is 0 Å². The van der Waals surface area contributed by atoms with Crippen molar-refractivity contribution in [2.45, 2.75) is 57.8 Å². The molecule has 2 aliphatic rings. The molecule has 0 radical (unpaired) electrons. The fraction of sp³-hybridized carbons (Fsp3) is 0.209. The minimum absolute atomic E-state index is 0.0207. The summed E-state index contributed by atoms with van der Waals surface area (Å²) in [6.45, 7) is 14.0. The first-order valence-corrected chi connectivity index (χ1v) is 16.4. The quantitative estimate of drug-likeness (QED) is 0.175. The van der Waals surface area contributed by atoms with Crippen LogP contribution in [-0.4, -0.2) is 14.4 Å². The summed E-state index contributed by atoms with van der Waals surface area (Å²) in [5.74, 6) is 0. The zero-order valence-electron chi connectivity index (χ0n) is 27.2. The highest BCUT2D eigenvalue weighted by atomic mass is 14.9. The van der Waals surface area contributed by atoms with Crippen molar-refractivity contribution in [1.29, 1.82) is 0 Å². The van der Waals surface area contributed by atoms with Gasteiger partial charge in [-0.25, -0.2) is 0 Å². The minimum Gasteiger partial charge on any atom is -0.305 e. The van der Waals surface area contributed by atoms with Gasteiger partial charge in [0.1, 0.15) is 0 Å². The third-order valence-electron chi connectivity index (χ3n) is 11.0. The first kappa shape index (κ1) is 26.2. The van der Waals surface area contributed by atoms with Crippen molar-refractivity contribution in [3.8, 4) is 22.3 Å². The summed E-state index contributed by atoms with van der Waals surface area (Å²) >= 11 is 0. The van der Waals surface area contributed by atoms with Crippen molar-refractivity contribution in [2.24, 2.45) is 0 Å². The first-order valence-electron chi connectivity index (χ1n) is 16.4. The van der Waals surface area contributed by atoms with Crippen LogP contribution in [0.5, 0.6) is 0 Å². The lowest BCUT2D eigenvalue weighted by molar-refractivity contribution is 0.586. The number of aromatic nitrogens is 3. The number of fused-ring (bicyclic) bond motifs is 17. The van der Waals surface area contributed by atoms with Gasteiger partial charge in [0.15, 0.2) is 0 Å². The SMILES string of the molecule is CC(C)(C)c1ccc2c(c1)C1(c3cc(C(C)(C)C)ccc3-2)c2ccccc2-c2c1cc1c3ccncc3n3c4cnccc4c2c13. The zero-order valence-corrected chi connectivity index (χ0v) is 27.2. The summed E-state index contributed by atoms with van der Waals surface area (Å²) in [6, 6.07) is 30.7. The molecule has 3 heteroatoms. The Labute approximate surface area is 268 Å². The number of pyridine rings is 2. The van der Waals surface area contributed by atoms with Crippen LogP contribution in [0.15, 0.2) is 104 Å². The van der Waals surface area contributed by atoms with Crippen LogP contribution < -0.4 is 0 Å². The average molecular weight is 594 g/mol. The van der Waals surface area contributed by atoms with Crippen molar-refractivity contribution in [2.75, 3.05) is 0 Å². The van der Waals surface area contributed by atoms with Gasteiger partial charge in [0.05, 0.1) is 34.4 Å². The molecular formula is C43H35N3. The molecule has 2 aliphatic carbocycles. The lowest BCUT2D eigenvalue weighted by atomic mass is 9.68. The third kappa shape index (κ3) is 2.95. The summed E-state index contributed by atoms with van der Waals surface area (Å²) in [5.41, 5.74) is 16.8. The van der Waals surface area contributed by atoms with Crippen LogP contribution in [0.1, 0.15) is 74.9 Å². The Hall–Kier alpha value is -5.02. The molecule has 3 nitrogen and oxygen atoms in total. The van der Waals surface area contributed by atoms with Crippen LogP contribution in [0.4, 0.5) is 0 Å². The van der Waals surface area contributed by atoms with Gasteiger partial charge in [-0.2, -0.15) is 0 Å². The van der Waals surface area contributed by atoms with Gasteiger partial charge in [-0.1, -0.05) is 102 Å². The zero-order chi connectivity index (χ0) is 31.3. The van der Waals surface area contributed by atoms with Crippen molar-refractivity contribution in [3.05, 3.63) is 137 Å². The number of hydrogen-bond acceptors (Lipinski definition) is 2. The van der Waals surface area contributed by atoms with E-state index >= 15 is 0 Å². The van der Waals surface area contributed by atoms with Gasteiger partial charge in [-0.3, -0.25) is 9.97 Å². The predicted molar refractivity (Wildman–Crippen MR) is 190 cm³/mol. The third-order valence-corrected chi connectivity index (χ3v) is 11.0.